The highest BCUT2D eigenvalue weighted by atomic mass is 16.2. The van der Waals surface area contributed by atoms with E-state index in [-0.39, 0.29) is 23.8 Å². The van der Waals surface area contributed by atoms with Crippen molar-refractivity contribution in [2.24, 2.45) is 22.2 Å². The summed E-state index contributed by atoms with van der Waals surface area (Å²) in [6, 6.07) is 18.9. The number of amides is 2. The van der Waals surface area contributed by atoms with Crippen molar-refractivity contribution in [3.8, 4) is 0 Å². The second kappa shape index (κ2) is 12.9. The van der Waals surface area contributed by atoms with Crippen LogP contribution in [0.5, 0.6) is 0 Å². The van der Waals surface area contributed by atoms with Crippen LogP contribution in [-0.4, -0.2) is 71.6 Å². The molecule has 2 aromatic carbocycles. The molecule has 2 aliphatic rings. The zero-order valence-corrected chi connectivity index (χ0v) is 21.9. The predicted molar refractivity (Wildman–Crippen MR) is 148 cm³/mol. The fraction of sp³-hybridized carbons (Fsp3) is 0.464. The van der Waals surface area contributed by atoms with Crippen molar-refractivity contribution >= 4 is 17.8 Å². The topological polar surface area (TPSA) is 155 Å². The molecule has 0 unspecified atom stereocenters. The Hall–Kier alpha value is -3.47. The van der Waals surface area contributed by atoms with E-state index in [2.05, 4.69) is 37.8 Å². The van der Waals surface area contributed by atoms with Gasteiger partial charge in [-0.25, -0.2) is 10.0 Å². The van der Waals surface area contributed by atoms with Crippen LogP contribution in [0.4, 0.5) is 0 Å². The monoisotopic (exact) mass is 520 g/mol. The smallest absolute Gasteiger partial charge is 0.242 e. The molecule has 2 saturated heterocycles. The lowest BCUT2D eigenvalue weighted by Gasteiger charge is -2.45. The number of hydrazine groups is 1. The number of hydrogen-bond acceptors (Lipinski definition) is 6. The van der Waals surface area contributed by atoms with Gasteiger partial charge in [-0.2, -0.15) is 0 Å². The fourth-order valence-corrected chi connectivity index (χ4v) is 5.31. The van der Waals surface area contributed by atoms with Crippen molar-refractivity contribution in [3.63, 3.8) is 0 Å². The van der Waals surface area contributed by atoms with Gasteiger partial charge < -0.3 is 27.8 Å². The lowest BCUT2D eigenvalue weighted by atomic mass is 9.86. The molecular formula is C28H40N8O2. The molecule has 2 amide bonds. The number of guanidine groups is 1. The minimum absolute atomic E-state index is 0.0102. The van der Waals surface area contributed by atoms with Crippen LogP contribution >= 0.6 is 0 Å². The van der Waals surface area contributed by atoms with Crippen LogP contribution in [0.3, 0.4) is 0 Å². The molecule has 2 fully saturated rings. The van der Waals surface area contributed by atoms with Crippen LogP contribution < -0.4 is 27.8 Å². The van der Waals surface area contributed by atoms with Crippen molar-refractivity contribution in [2.45, 2.75) is 56.3 Å². The van der Waals surface area contributed by atoms with Gasteiger partial charge in [0.2, 0.25) is 11.8 Å². The molecule has 8 N–H and O–H groups in total. The Morgan fingerprint density at radius 2 is 1.71 bits per heavy atom. The third kappa shape index (κ3) is 7.53. The average Bonchev–Trinajstić information content (AvgIpc) is 3.32. The SMILES string of the molecule is NC(N)=NCCC[C@H](NC(=O)[C@@H]1CCN2CC[C@@](N)(Cc3ccccc3)CN12)C(=O)NCc1ccccc1. The van der Waals surface area contributed by atoms with E-state index in [0.717, 1.165) is 31.5 Å². The van der Waals surface area contributed by atoms with Gasteiger partial charge in [0.05, 0.1) is 0 Å². The first-order chi connectivity index (χ1) is 18.3. The maximum Gasteiger partial charge on any atom is 0.242 e. The van der Waals surface area contributed by atoms with Gasteiger partial charge in [-0.15, -0.1) is 0 Å². The van der Waals surface area contributed by atoms with Gasteiger partial charge in [-0.1, -0.05) is 60.7 Å². The maximum atomic E-state index is 13.5. The van der Waals surface area contributed by atoms with E-state index < -0.39 is 11.6 Å². The third-order valence-corrected chi connectivity index (χ3v) is 7.32. The Kier molecular flexibility index (Phi) is 9.33. The molecule has 2 aliphatic heterocycles. The summed E-state index contributed by atoms with van der Waals surface area (Å²) in [4.78, 5) is 30.7. The third-order valence-electron chi connectivity index (χ3n) is 7.32. The Morgan fingerprint density at radius 3 is 2.39 bits per heavy atom. The molecule has 38 heavy (non-hydrogen) atoms. The van der Waals surface area contributed by atoms with Crippen molar-refractivity contribution in [3.05, 3.63) is 71.8 Å². The predicted octanol–water partition coefficient (Wildman–Crippen LogP) is 0.476. The van der Waals surface area contributed by atoms with Crippen molar-refractivity contribution < 1.29 is 9.59 Å². The number of nitrogens with zero attached hydrogens (tertiary/aromatic N) is 3. The Balaban J connectivity index is 1.39. The summed E-state index contributed by atoms with van der Waals surface area (Å²) in [6.07, 6.45) is 3.29. The maximum absolute atomic E-state index is 13.5. The van der Waals surface area contributed by atoms with Crippen LogP contribution in [0.1, 0.15) is 36.8 Å². The zero-order valence-electron chi connectivity index (χ0n) is 21.9. The van der Waals surface area contributed by atoms with Crippen LogP contribution in [-0.2, 0) is 22.6 Å². The molecule has 4 rings (SSSR count). The summed E-state index contributed by atoms with van der Waals surface area (Å²) in [7, 11) is 0. The minimum Gasteiger partial charge on any atom is -0.370 e. The van der Waals surface area contributed by atoms with Crippen LogP contribution in [0.25, 0.3) is 0 Å². The van der Waals surface area contributed by atoms with E-state index in [4.69, 9.17) is 17.2 Å². The van der Waals surface area contributed by atoms with E-state index in [1.807, 2.05) is 48.5 Å². The Bertz CT molecular complexity index is 1090. The number of nitrogens with one attached hydrogen (secondary N) is 2. The lowest BCUT2D eigenvalue weighted by molar-refractivity contribution is -0.137. The molecule has 2 aromatic rings. The van der Waals surface area contributed by atoms with Gasteiger partial charge in [-0.3, -0.25) is 14.6 Å². The molecule has 0 spiro atoms. The van der Waals surface area contributed by atoms with Crippen molar-refractivity contribution in [1.82, 2.24) is 20.7 Å². The van der Waals surface area contributed by atoms with Crippen LogP contribution in [0.15, 0.2) is 65.7 Å². The van der Waals surface area contributed by atoms with Gasteiger partial charge in [0.1, 0.15) is 12.1 Å². The van der Waals surface area contributed by atoms with E-state index in [1.54, 1.807) is 0 Å². The van der Waals surface area contributed by atoms with E-state index in [9.17, 15) is 9.59 Å². The molecule has 2 heterocycles. The fourth-order valence-electron chi connectivity index (χ4n) is 5.31. The first-order valence-electron chi connectivity index (χ1n) is 13.3. The summed E-state index contributed by atoms with van der Waals surface area (Å²) in [5.74, 6) is -0.369. The average molecular weight is 521 g/mol. The highest BCUT2D eigenvalue weighted by Gasteiger charge is 2.45. The number of hydrogen-bond donors (Lipinski definition) is 5. The first-order valence-corrected chi connectivity index (χ1v) is 13.3. The molecule has 3 atom stereocenters. The molecular weight excluding hydrogens is 480 g/mol. The van der Waals surface area contributed by atoms with Crippen molar-refractivity contribution in [2.75, 3.05) is 26.2 Å². The van der Waals surface area contributed by atoms with Gasteiger partial charge in [0, 0.05) is 38.3 Å². The van der Waals surface area contributed by atoms with Crippen molar-refractivity contribution in [1.29, 1.82) is 0 Å². The van der Waals surface area contributed by atoms with Gasteiger partial charge in [0.15, 0.2) is 5.96 Å². The number of benzene rings is 2. The van der Waals surface area contributed by atoms with E-state index in [0.29, 0.717) is 38.9 Å². The molecule has 10 heteroatoms. The number of rotatable bonds is 11. The molecule has 10 nitrogen and oxygen atoms in total. The number of nitrogens with two attached hydrogens (primary N) is 3. The second-order valence-corrected chi connectivity index (χ2v) is 10.3. The summed E-state index contributed by atoms with van der Waals surface area (Å²) < 4.78 is 0. The molecule has 0 saturated carbocycles. The number of fused-ring (bicyclic) bond motifs is 1. The molecule has 0 radical (unpaired) electrons. The standard InChI is InChI=1S/C28H40N8O2/c29-27(30)32-15-7-12-23(25(37)33-19-22-10-5-2-6-11-22)34-26(38)24-13-16-35-17-14-28(31,20-36(24)35)18-21-8-3-1-4-9-21/h1-6,8-11,23-24H,7,12-20,31H2,(H,33,37)(H,34,38)(H4,29,30,32)/t23-,24-,28+/m0/s1. The van der Waals surface area contributed by atoms with E-state index >= 15 is 0 Å². The van der Waals surface area contributed by atoms with Gasteiger partial charge in [-0.05, 0) is 43.2 Å². The lowest BCUT2D eigenvalue weighted by Crippen LogP contribution is -2.64. The summed E-state index contributed by atoms with van der Waals surface area (Å²) >= 11 is 0. The summed E-state index contributed by atoms with van der Waals surface area (Å²) in [5.41, 5.74) is 19.5. The van der Waals surface area contributed by atoms with Gasteiger partial charge in [0.25, 0.3) is 0 Å². The highest BCUT2D eigenvalue weighted by molar-refractivity contribution is 5.89. The largest absolute Gasteiger partial charge is 0.370 e. The van der Waals surface area contributed by atoms with Crippen LogP contribution in [0, 0.1) is 0 Å². The highest BCUT2D eigenvalue weighted by Crippen LogP contribution is 2.30. The Labute approximate surface area is 224 Å². The van der Waals surface area contributed by atoms with Gasteiger partial charge >= 0.3 is 0 Å². The number of carbonyl (C=O) groups excluding carboxylic acids is 2. The molecule has 204 valence electrons. The normalized spacial score (nSPS) is 22.3. The minimum atomic E-state index is -0.689. The molecule has 0 aliphatic carbocycles. The summed E-state index contributed by atoms with van der Waals surface area (Å²) in [5, 5.41) is 10.3. The molecule has 0 bridgehead atoms. The quantitative estimate of drug-likeness (QED) is 0.164. The van der Waals surface area contributed by atoms with Crippen LogP contribution in [0.2, 0.25) is 0 Å². The second-order valence-electron chi connectivity index (χ2n) is 10.3. The summed E-state index contributed by atoms with van der Waals surface area (Å²) in [6.45, 7) is 2.98. The molecule has 0 aromatic heterocycles. The zero-order chi connectivity index (χ0) is 27.0. The first kappa shape index (κ1) is 27.6. The number of carbonyl (C=O) groups is 2. The Morgan fingerprint density at radius 1 is 1.03 bits per heavy atom. The number of aliphatic imine (C=N–C) groups is 1. The van der Waals surface area contributed by atoms with E-state index in [1.165, 1.54) is 5.56 Å².